The summed E-state index contributed by atoms with van der Waals surface area (Å²) in [4.78, 5) is 35.5. The highest BCUT2D eigenvalue weighted by molar-refractivity contribution is 8.00. The second kappa shape index (κ2) is 10.6. The third kappa shape index (κ3) is 7.76. The van der Waals surface area contributed by atoms with Crippen LogP contribution in [0.4, 0.5) is 5.69 Å². The van der Waals surface area contributed by atoms with Crippen molar-refractivity contribution >= 4 is 46.8 Å². The number of thioether (sulfide) groups is 1. The maximum atomic E-state index is 11.9. The maximum absolute atomic E-state index is 11.9. The lowest BCUT2D eigenvalue weighted by atomic mass is 10.3. The Bertz CT molecular complexity index is 765. The fraction of sp³-hybridized carbons (Fsp3) is 0.278. The van der Waals surface area contributed by atoms with E-state index in [0.29, 0.717) is 16.5 Å². The van der Waals surface area contributed by atoms with E-state index in [0.717, 1.165) is 11.8 Å². The number of hydrogen-bond acceptors (Lipinski definition) is 6. The molecule has 0 bridgehead atoms. The first-order valence-corrected chi connectivity index (χ1v) is 9.60. The molecule has 144 valence electrons. The van der Waals surface area contributed by atoms with Gasteiger partial charge in [-0.15, -0.1) is 11.8 Å². The highest BCUT2D eigenvalue weighted by Gasteiger charge is 2.18. The SMILES string of the molecule is C[C@H](OC(=O)CSCC(=O)Nc1ccc(Cl)cc1)C(=O)NCc1ccco1. The summed E-state index contributed by atoms with van der Waals surface area (Å²) in [5, 5.41) is 5.87. The molecule has 9 heteroatoms. The summed E-state index contributed by atoms with van der Waals surface area (Å²) in [6.07, 6.45) is 0.571. The molecule has 0 unspecified atom stereocenters. The molecule has 0 aliphatic carbocycles. The van der Waals surface area contributed by atoms with Gasteiger partial charge in [0.1, 0.15) is 5.76 Å². The molecule has 0 radical (unpaired) electrons. The van der Waals surface area contributed by atoms with Gasteiger partial charge in [0.05, 0.1) is 24.3 Å². The molecular weight excluding hydrogens is 392 g/mol. The predicted molar refractivity (Wildman–Crippen MR) is 104 cm³/mol. The lowest BCUT2D eigenvalue weighted by Gasteiger charge is -2.12. The van der Waals surface area contributed by atoms with Crippen molar-refractivity contribution in [2.75, 3.05) is 16.8 Å². The van der Waals surface area contributed by atoms with Crippen LogP contribution in [-0.2, 0) is 25.7 Å². The number of amides is 2. The Kier molecular flexibility index (Phi) is 8.22. The summed E-state index contributed by atoms with van der Waals surface area (Å²) in [6.45, 7) is 1.70. The van der Waals surface area contributed by atoms with Crippen LogP contribution in [0, 0.1) is 0 Å². The molecule has 1 aromatic carbocycles. The largest absolute Gasteiger partial charge is 0.467 e. The molecule has 2 aromatic rings. The normalized spacial score (nSPS) is 11.5. The number of furan rings is 1. The molecule has 0 saturated heterocycles. The number of hydrogen-bond donors (Lipinski definition) is 2. The number of halogens is 1. The Hall–Kier alpha value is -2.45. The van der Waals surface area contributed by atoms with E-state index in [4.69, 9.17) is 20.8 Å². The average Bonchev–Trinajstić information content (AvgIpc) is 3.15. The van der Waals surface area contributed by atoms with Gasteiger partial charge in [0.2, 0.25) is 5.91 Å². The molecule has 0 fully saturated rings. The van der Waals surface area contributed by atoms with Crippen LogP contribution >= 0.6 is 23.4 Å². The zero-order chi connectivity index (χ0) is 19.6. The number of carbonyl (C=O) groups is 3. The summed E-state index contributed by atoms with van der Waals surface area (Å²) in [5.41, 5.74) is 0.620. The Morgan fingerprint density at radius 1 is 1.19 bits per heavy atom. The Morgan fingerprint density at radius 3 is 2.59 bits per heavy atom. The van der Waals surface area contributed by atoms with Gasteiger partial charge >= 0.3 is 5.97 Å². The Labute approximate surface area is 165 Å². The third-order valence-electron chi connectivity index (χ3n) is 3.28. The van der Waals surface area contributed by atoms with Gasteiger partial charge in [-0.25, -0.2) is 0 Å². The number of nitrogens with one attached hydrogen (secondary N) is 2. The van der Waals surface area contributed by atoms with E-state index < -0.39 is 18.0 Å². The smallest absolute Gasteiger partial charge is 0.316 e. The first-order valence-electron chi connectivity index (χ1n) is 8.07. The monoisotopic (exact) mass is 410 g/mol. The quantitative estimate of drug-likeness (QED) is 0.617. The first kappa shape index (κ1) is 20.9. The molecule has 2 N–H and O–H groups in total. The fourth-order valence-electron chi connectivity index (χ4n) is 1.97. The van der Waals surface area contributed by atoms with Gasteiger partial charge in [0, 0.05) is 10.7 Å². The lowest BCUT2D eigenvalue weighted by molar-refractivity contribution is -0.152. The van der Waals surface area contributed by atoms with Crippen LogP contribution in [0.5, 0.6) is 0 Å². The number of anilines is 1. The zero-order valence-electron chi connectivity index (χ0n) is 14.6. The molecular formula is C18H19ClN2O5S. The molecule has 0 aliphatic rings. The standard InChI is InChI=1S/C18H19ClN2O5S/c1-12(18(24)20-9-15-3-2-8-25-15)26-17(23)11-27-10-16(22)21-14-6-4-13(19)5-7-14/h2-8,12H,9-11H2,1H3,(H,20,24)(H,21,22)/t12-/m0/s1. The van der Waals surface area contributed by atoms with Gasteiger partial charge in [0.25, 0.3) is 5.91 Å². The van der Waals surface area contributed by atoms with Crippen molar-refractivity contribution in [2.24, 2.45) is 0 Å². The Morgan fingerprint density at radius 2 is 1.93 bits per heavy atom. The van der Waals surface area contributed by atoms with E-state index in [-0.39, 0.29) is 24.0 Å². The molecule has 1 heterocycles. The van der Waals surface area contributed by atoms with Crippen molar-refractivity contribution in [3.63, 3.8) is 0 Å². The number of rotatable bonds is 9. The minimum atomic E-state index is -0.934. The van der Waals surface area contributed by atoms with Gasteiger partial charge in [-0.05, 0) is 43.3 Å². The third-order valence-corrected chi connectivity index (χ3v) is 4.43. The van der Waals surface area contributed by atoms with E-state index in [1.165, 1.54) is 13.2 Å². The molecule has 0 spiro atoms. The molecule has 2 rings (SSSR count). The Balaban J connectivity index is 1.62. The number of ether oxygens (including phenoxy) is 1. The maximum Gasteiger partial charge on any atom is 0.316 e. The van der Waals surface area contributed by atoms with E-state index >= 15 is 0 Å². The average molecular weight is 411 g/mol. The van der Waals surface area contributed by atoms with Crippen LogP contribution in [0.25, 0.3) is 0 Å². The van der Waals surface area contributed by atoms with Crippen molar-refractivity contribution in [3.8, 4) is 0 Å². The van der Waals surface area contributed by atoms with Gasteiger partial charge < -0.3 is 19.8 Å². The van der Waals surface area contributed by atoms with Crippen molar-refractivity contribution in [2.45, 2.75) is 19.6 Å². The van der Waals surface area contributed by atoms with Crippen molar-refractivity contribution < 1.29 is 23.5 Å². The van der Waals surface area contributed by atoms with E-state index in [2.05, 4.69) is 10.6 Å². The van der Waals surface area contributed by atoms with Crippen molar-refractivity contribution in [1.29, 1.82) is 0 Å². The zero-order valence-corrected chi connectivity index (χ0v) is 16.1. The minimum absolute atomic E-state index is 0.0379. The molecule has 1 aromatic heterocycles. The number of benzene rings is 1. The van der Waals surface area contributed by atoms with Gasteiger partial charge in [-0.1, -0.05) is 11.6 Å². The van der Waals surface area contributed by atoms with E-state index in [1.807, 2.05) is 0 Å². The molecule has 2 amide bonds. The molecule has 0 aliphatic heterocycles. The number of carbonyl (C=O) groups excluding carboxylic acids is 3. The van der Waals surface area contributed by atoms with Crippen LogP contribution in [-0.4, -0.2) is 35.4 Å². The first-order chi connectivity index (χ1) is 12.9. The van der Waals surface area contributed by atoms with Crippen LogP contribution in [0.3, 0.4) is 0 Å². The molecule has 7 nitrogen and oxygen atoms in total. The molecule has 1 atom stereocenters. The topological polar surface area (TPSA) is 97.6 Å². The number of esters is 1. The van der Waals surface area contributed by atoms with E-state index in [9.17, 15) is 14.4 Å². The van der Waals surface area contributed by atoms with Crippen LogP contribution in [0.1, 0.15) is 12.7 Å². The molecule has 27 heavy (non-hydrogen) atoms. The van der Waals surface area contributed by atoms with Crippen LogP contribution in [0.15, 0.2) is 47.1 Å². The summed E-state index contributed by atoms with van der Waals surface area (Å²) in [7, 11) is 0. The van der Waals surface area contributed by atoms with Gasteiger partial charge in [0.15, 0.2) is 6.10 Å². The van der Waals surface area contributed by atoms with Crippen molar-refractivity contribution in [3.05, 3.63) is 53.4 Å². The second-order valence-electron chi connectivity index (χ2n) is 5.48. The highest BCUT2D eigenvalue weighted by atomic mass is 35.5. The summed E-state index contributed by atoms with van der Waals surface area (Å²) in [5.74, 6) is -0.602. The highest BCUT2D eigenvalue weighted by Crippen LogP contribution is 2.14. The van der Waals surface area contributed by atoms with Gasteiger partial charge in [-0.2, -0.15) is 0 Å². The lowest BCUT2D eigenvalue weighted by Crippen LogP contribution is -2.35. The predicted octanol–water partition coefficient (Wildman–Crippen LogP) is 2.85. The second-order valence-corrected chi connectivity index (χ2v) is 6.90. The van der Waals surface area contributed by atoms with Gasteiger partial charge in [-0.3, -0.25) is 14.4 Å². The summed E-state index contributed by atoms with van der Waals surface area (Å²) in [6, 6.07) is 10.1. The fourth-order valence-corrected chi connectivity index (χ4v) is 2.69. The minimum Gasteiger partial charge on any atom is -0.467 e. The van der Waals surface area contributed by atoms with Crippen LogP contribution in [0.2, 0.25) is 5.02 Å². The summed E-state index contributed by atoms with van der Waals surface area (Å²) >= 11 is 6.87. The van der Waals surface area contributed by atoms with E-state index in [1.54, 1.807) is 36.4 Å². The summed E-state index contributed by atoms with van der Waals surface area (Å²) < 4.78 is 10.1. The van der Waals surface area contributed by atoms with Crippen LogP contribution < -0.4 is 10.6 Å². The molecule has 0 saturated carbocycles. The van der Waals surface area contributed by atoms with Crippen molar-refractivity contribution in [1.82, 2.24) is 5.32 Å².